The molecule has 0 saturated heterocycles. The van der Waals surface area contributed by atoms with E-state index >= 15 is 0 Å². The summed E-state index contributed by atoms with van der Waals surface area (Å²) in [6.45, 7) is 0. The van der Waals surface area contributed by atoms with E-state index in [1.165, 1.54) is 18.2 Å². The zero-order chi connectivity index (χ0) is 23.1. The van der Waals surface area contributed by atoms with Crippen LogP contribution in [-0.4, -0.2) is 19.7 Å². The van der Waals surface area contributed by atoms with Crippen molar-refractivity contribution in [2.45, 2.75) is 19.0 Å². The van der Waals surface area contributed by atoms with Gasteiger partial charge in [-0.05, 0) is 71.5 Å². The molecule has 1 aliphatic carbocycles. The molecule has 0 atom stereocenters. The first-order valence-electron chi connectivity index (χ1n) is 9.65. The Morgan fingerprint density at radius 1 is 1.00 bits per heavy atom. The lowest BCUT2D eigenvalue weighted by Crippen LogP contribution is -2.10. The maximum absolute atomic E-state index is 13.9. The largest absolute Gasteiger partial charge is 0.433 e. The van der Waals surface area contributed by atoms with Crippen LogP contribution in [0.3, 0.4) is 0 Å². The molecule has 1 heterocycles. The van der Waals surface area contributed by atoms with Crippen molar-refractivity contribution in [3.8, 4) is 0 Å². The summed E-state index contributed by atoms with van der Waals surface area (Å²) in [4.78, 5) is 3.86. The quantitative estimate of drug-likeness (QED) is 0.538. The Kier molecular flexibility index (Phi) is 5.54. The normalized spacial score (nSPS) is 15.1. The number of fused-ring (bicyclic) bond motifs is 2. The lowest BCUT2D eigenvalue weighted by Gasteiger charge is -2.14. The standard InChI is InChI=1S/C23H18F4N2O2S/c1-32(30,31)29-17-4-2-3-14(11-17)12-20-18-7-6-16(24)13-15(18)5-9-21-19(20)8-10-22(28-21)23(25,26)27/h2-4,6-8,10-13,29H,5,9H2,1H3/b20-12+. The zero-order valence-electron chi connectivity index (χ0n) is 16.9. The zero-order valence-corrected chi connectivity index (χ0v) is 17.7. The number of pyridine rings is 1. The van der Waals surface area contributed by atoms with E-state index in [1.54, 1.807) is 36.4 Å². The van der Waals surface area contributed by atoms with E-state index in [2.05, 4.69) is 9.71 Å². The van der Waals surface area contributed by atoms with Crippen molar-refractivity contribution in [3.63, 3.8) is 0 Å². The molecule has 1 aromatic heterocycles. The van der Waals surface area contributed by atoms with Crippen LogP contribution in [0.1, 0.15) is 33.6 Å². The average molecular weight is 462 g/mol. The van der Waals surface area contributed by atoms with Crippen LogP contribution in [0.4, 0.5) is 23.2 Å². The first-order valence-corrected chi connectivity index (χ1v) is 11.5. The van der Waals surface area contributed by atoms with Crippen LogP contribution in [0.25, 0.3) is 11.6 Å². The van der Waals surface area contributed by atoms with Crippen LogP contribution < -0.4 is 4.72 Å². The van der Waals surface area contributed by atoms with Crippen LogP contribution >= 0.6 is 0 Å². The molecule has 1 N–H and O–H groups in total. The van der Waals surface area contributed by atoms with E-state index in [0.29, 0.717) is 39.9 Å². The van der Waals surface area contributed by atoms with Crippen molar-refractivity contribution < 1.29 is 26.0 Å². The van der Waals surface area contributed by atoms with E-state index < -0.39 is 27.7 Å². The molecule has 0 spiro atoms. The fraction of sp³-hybridized carbons (Fsp3) is 0.174. The van der Waals surface area contributed by atoms with E-state index in [0.717, 1.165) is 12.3 Å². The second-order valence-electron chi connectivity index (χ2n) is 7.55. The summed E-state index contributed by atoms with van der Waals surface area (Å²) in [5.41, 5.74) is 2.72. The maximum atomic E-state index is 13.9. The van der Waals surface area contributed by atoms with E-state index in [-0.39, 0.29) is 12.1 Å². The molecule has 0 fully saturated rings. The Bertz CT molecular complexity index is 1330. The number of rotatable bonds is 3. The molecule has 4 nitrogen and oxygen atoms in total. The second-order valence-corrected chi connectivity index (χ2v) is 9.30. The van der Waals surface area contributed by atoms with Crippen LogP contribution in [0.5, 0.6) is 0 Å². The van der Waals surface area contributed by atoms with Gasteiger partial charge in [-0.1, -0.05) is 24.3 Å². The van der Waals surface area contributed by atoms with Gasteiger partial charge in [0.2, 0.25) is 10.0 Å². The van der Waals surface area contributed by atoms with Crippen LogP contribution in [0, 0.1) is 5.82 Å². The topological polar surface area (TPSA) is 59.1 Å². The van der Waals surface area contributed by atoms with Gasteiger partial charge in [-0.2, -0.15) is 13.2 Å². The minimum absolute atomic E-state index is 0.225. The average Bonchev–Trinajstić information content (AvgIpc) is 2.83. The molecule has 4 rings (SSSR count). The number of aryl methyl sites for hydroxylation is 2. The molecule has 0 unspecified atom stereocenters. The van der Waals surface area contributed by atoms with Crippen molar-refractivity contribution in [2.75, 3.05) is 11.0 Å². The number of nitrogens with one attached hydrogen (secondary N) is 1. The summed E-state index contributed by atoms with van der Waals surface area (Å²) in [5.74, 6) is -0.433. The fourth-order valence-electron chi connectivity index (χ4n) is 3.75. The van der Waals surface area contributed by atoms with Crippen molar-refractivity contribution >= 4 is 27.4 Å². The van der Waals surface area contributed by atoms with E-state index in [9.17, 15) is 26.0 Å². The molecule has 3 aromatic rings. The fourth-order valence-corrected chi connectivity index (χ4v) is 4.31. The van der Waals surface area contributed by atoms with Gasteiger partial charge in [0, 0.05) is 16.9 Å². The molecular weight excluding hydrogens is 444 g/mol. The summed E-state index contributed by atoms with van der Waals surface area (Å²) in [6.07, 6.45) is -1.24. The number of anilines is 1. The monoisotopic (exact) mass is 462 g/mol. The van der Waals surface area contributed by atoms with Crippen molar-refractivity contribution in [1.82, 2.24) is 4.98 Å². The Balaban J connectivity index is 1.90. The van der Waals surface area contributed by atoms with Crippen molar-refractivity contribution in [2.24, 2.45) is 0 Å². The lowest BCUT2D eigenvalue weighted by atomic mass is 9.93. The van der Waals surface area contributed by atoms with Gasteiger partial charge in [-0.3, -0.25) is 4.72 Å². The minimum Gasteiger partial charge on any atom is -0.284 e. The highest BCUT2D eigenvalue weighted by molar-refractivity contribution is 7.92. The summed E-state index contributed by atoms with van der Waals surface area (Å²) < 4.78 is 79.1. The number of hydrogen-bond donors (Lipinski definition) is 1. The summed E-state index contributed by atoms with van der Waals surface area (Å²) >= 11 is 0. The number of nitrogens with zero attached hydrogens (tertiary/aromatic N) is 1. The maximum Gasteiger partial charge on any atom is 0.433 e. The number of alkyl halides is 3. The third kappa shape index (κ3) is 4.83. The van der Waals surface area contributed by atoms with Gasteiger partial charge in [-0.15, -0.1) is 0 Å². The van der Waals surface area contributed by atoms with Crippen molar-refractivity contribution in [3.05, 3.63) is 94.1 Å². The molecule has 0 saturated carbocycles. The molecule has 0 radical (unpaired) electrons. The van der Waals surface area contributed by atoms with Crippen molar-refractivity contribution in [1.29, 1.82) is 0 Å². The molecule has 1 aliphatic rings. The second kappa shape index (κ2) is 8.05. The number of hydrogen-bond acceptors (Lipinski definition) is 3. The van der Waals surface area contributed by atoms with Gasteiger partial charge in [0.25, 0.3) is 0 Å². The van der Waals surface area contributed by atoms with E-state index in [4.69, 9.17) is 0 Å². The lowest BCUT2D eigenvalue weighted by molar-refractivity contribution is -0.141. The van der Waals surface area contributed by atoms with Gasteiger partial charge in [0.1, 0.15) is 11.5 Å². The van der Waals surface area contributed by atoms with Gasteiger partial charge in [0.05, 0.1) is 6.26 Å². The van der Waals surface area contributed by atoms with Crippen LogP contribution in [-0.2, 0) is 29.0 Å². The molecule has 0 aliphatic heterocycles. The van der Waals surface area contributed by atoms with Gasteiger partial charge in [-0.25, -0.2) is 17.8 Å². The molecule has 32 heavy (non-hydrogen) atoms. The van der Waals surface area contributed by atoms with Gasteiger partial charge < -0.3 is 0 Å². The SMILES string of the molecule is CS(=O)(=O)Nc1cccc(/C=C2\c3ccc(F)cc3CCc3nc(C(F)(F)F)ccc32)c1. The molecule has 0 amide bonds. The Hall–Kier alpha value is -3.20. The molecule has 2 aromatic carbocycles. The minimum atomic E-state index is -4.57. The molecule has 166 valence electrons. The predicted octanol–water partition coefficient (Wildman–Crippen LogP) is 5.30. The molecular formula is C23H18F4N2O2S. The highest BCUT2D eigenvalue weighted by atomic mass is 32.2. The summed E-state index contributed by atoms with van der Waals surface area (Å²) in [7, 11) is -3.48. The third-order valence-electron chi connectivity index (χ3n) is 5.04. The van der Waals surface area contributed by atoms with Crippen LogP contribution in [0.15, 0.2) is 54.6 Å². The number of sulfonamides is 1. The Morgan fingerprint density at radius 2 is 1.75 bits per heavy atom. The number of aromatic nitrogens is 1. The van der Waals surface area contributed by atoms with Gasteiger partial charge >= 0.3 is 6.18 Å². The van der Waals surface area contributed by atoms with Crippen LogP contribution in [0.2, 0.25) is 0 Å². The Morgan fingerprint density at radius 3 is 2.47 bits per heavy atom. The summed E-state index contributed by atoms with van der Waals surface area (Å²) in [5, 5.41) is 0. The Labute approximate surface area is 182 Å². The van der Waals surface area contributed by atoms with E-state index in [1.807, 2.05) is 0 Å². The first-order chi connectivity index (χ1) is 15.0. The van der Waals surface area contributed by atoms with Gasteiger partial charge in [0.15, 0.2) is 0 Å². The summed E-state index contributed by atoms with van der Waals surface area (Å²) in [6, 6.07) is 13.2. The molecule has 9 heteroatoms. The molecule has 0 bridgehead atoms. The highest BCUT2D eigenvalue weighted by Crippen LogP contribution is 2.37. The highest BCUT2D eigenvalue weighted by Gasteiger charge is 2.33. The number of halogens is 4. The number of benzene rings is 2. The first kappa shape index (κ1) is 22.0. The smallest absolute Gasteiger partial charge is 0.284 e. The third-order valence-corrected chi connectivity index (χ3v) is 5.65. The predicted molar refractivity (Wildman–Crippen MR) is 115 cm³/mol.